The number of hydrogen-bond donors (Lipinski definition) is 0. The molecule has 19 heavy (non-hydrogen) atoms. The van der Waals surface area contributed by atoms with Crippen molar-refractivity contribution in [3.8, 4) is 11.5 Å². The summed E-state index contributed by atoms with van der Waals surface area (Å²) in [6.45, 7) is 0.0322. The first-order valence-corrected chi connectivity index (χ1v) is 7.51. The van der Waals surface area contributed by atoms with E-state index in [0.717, 1.165) is 17.6 Å². The van der Waals surface area contributed by atoms with Gasteiger partial charge >= 0.3 is 0 Å². The molecule has 0 aliphatic heterocycles. The molecule has 0 saturated carbocycles. The van der Waals surface area contributed by atoms with Gasteiger partial charge in [-0.2, -0.15) is 8.42 Å². The minimum Gasteiger partial charge on any atom is -0.457 e. The first-order valence-electron chi connectivity index (χ1n) is 5.69. The smallest absolute Gasteiger partial charge is 0.264 e. The van der Waals surface area contributed by atoms with Crippen molar-refractivity contribution in [2.75, 3.05) is 6.26 Å². The van der Waals surface area contributed by atoms with Gasteiger partial charge in [0.1, 0.15) is 11.5 Å². The standard InChI is InChI=1S/C14H14O4S/c1-19(15,16)17-11-12-7-9-14(10-8-12)18-13-5-3-2-4-6-13/h2-10H,11H2,1H3. The molecule has 2 aromatic rings. The van der Waals surface area contributed by atoms with Gasteiger partial charge in [0.25, 0.3) is 10.1 Å². The number of hydrogen-bond acceptors (Lipinski definition) is 4. The molecule has 5 heteroatoms. The van der Waals surface area contributed by atoms with E-state index in [9.17, 15) is 8.42 Å². The van der Waals surface area contributed by atoms with E-state index >= 15 is 0 Å². The molecule has 0 radical (unpaired) electrons. The Hall–Kier alpha value is -1.85. The quantitative estimate of drug-likeness (QED) is 0.789. The first kappa shape index (κ1) is 13.6. The molecular formula is C14H14O4S. The number of para-hydroxylation sites is 1. The molecule has 0 saturated heterocycles. The minimum absolute atomic E-state index is 0.0322. The van der Waals surface area contributed by atoms with Gasteiger partial charge in [0.05, 0.1) is 12.9 Å². The molecule has 0 fully saturated rings. The summed E-state index contributed by atoms with van der Waals surface area (Å²) in [6.07, 6.45) is 1.03. The second-order valence-electron chi connectivity index (χ2n) is 4.03. The van der Waals surface area contributed by atoms with Crippen LogP contribution in [0.15, 0.2) is 54.6 Å². The Morgan fingerprint density at radius 3 is 2.05 bits per heavy atom. The predicted molar refractivity (Wildman–Crippen MR) is 72.6 cm³/mol. The maximum atomic E-state index is 10.9. The Balaban J connectivity index is 1.99. The zero-order valence-corrected chi connectivity index (χ0v) is 11.3. The van der Waals surface area contributed by atoms with E-state index in [-0.39, 0.29) is 6.61 Å². The van der Waals surface area contributed by atoms with E-state index in [0.29, 0.717) is 5.75 Å². The van der Waals surface area contributed by atoms with Gasteiger partial charge in [-0.15, -0.1) is 0 Å². The molecule has 0 N–H and O–H groups in total. The van der Waals surface area contributed by atoms with Gasteiger partial charge in [0.2, 0.25) is 0 Å². The van der Waals surface area contributed by atoms with Crippen LogP contribution in [-0.4, -0.2) is 14.7 Å². The fourth-order valence-corrected chi connectivity index (χ4v) is 1.80. The summed E-state index contributed by atoms with van der Waals surface area (Å²) in [5, 5.41) is 0. The highest BCUT2D eigenvalue weighted by Gasteiger charge is 2.03. The molecular weight excluding hydrogens is 264 g/mol. The maximum absolute atomic E-state index is 10.9. The van der Waals surface area contributed by atoms with E-state index in [2.05, 4.69) is 0 Å². The number of benzene rings is 2. The summed E-state index contributed by atoms with van der Waals surface area (Å²) >= 11 is 0. The van der Waals surface area contributed by atoms with Crippen molar-refractivity contribution in [2.24, 2.45) is 0 Å². The van der Waals surface area contributed by atoms with E-state index in [1.54, 1.807) is 24.3 Å². The molecule has 0 unspecified atom stereocenters. The van der Waals surface area contributed by atoms with Crippen molar-refractivity contribution in [2.45, 2.75) is 6.61 Å². The average molecular weight is 278 g/mol. The summed E-state index contributed by atoms with van der Waals surface area (Å²) < 4.78 is 32.1. The maximum Gasteiger partial charge on any atom is 0.264 e. The van der Waals surface area contributed by atoms with Crippen molar-refractivity contribution in [1.29, 1.82) is 0 Å². The van der Waals surface area contributed by atoms with Crippen LogP contribution >= 0.6 is 0 Å². The Bertz CT molecular complexity index is 618. The topological polar surface area (TPSA) is 52.6 Å². The van der Waals surface area contributed by atoms with Crippen molar-refractivity contribution in [3.63, 3.8) is 0 Å². The molecule has 0 aliphatic carbocycles. The molecule has 0 atom stereocenters. The Kier molecular flexibility index (Phi) is 4.19. The van der Waals surface area contributed by atoms with E-state index in [4.69, 9.17) is 8.92 Å². The van der Waals surface area contributed by atoms with Crippen molar-refractivity contribution >= 4 is 10.1 Å². The SMILES string of the molecule is CS(=O)(=O)OCc1ccc(Oc2ccccc2)cc1. The molecule has 0 spiro atoms. The van der Waals surface area contributed by atoms with Gasteiger partial charge < -0.3 is 4.74 Å². The molecule has 0 bridgehead atoms. The van der Waals surface area contributed by atoms with Crippen LogP contribution in [0.4, 0.5) is 0 Å². The van der Waals surface area contributed by atoms with Crippen LogP contribution in [0.5, 0.6) is 11.5 Å². The predicted octanol–water partition coefficient (Wildman–Crippen LogP) is 2.96. The third-order valence-corrected chi connectivity index (χ3v) is 2.89. The lowest BCUT2D eigenvalue weighted by atomic mass is 10.2. The summed E-state index contributed by atoms with van der Waals surface area (Å²) in [5.74, 6) is 1.44. The monoisotopic (exact) mass is 278 g/mol. The van der Waals surface area contributed by atoms with Gasteiger partial charge in [-0.05, 0) is 29.8 Å². The molecule has 0 aromatic heterocycles. The highest BCUT2D eigenvalue weighted by atomic mass is 32.2. The van der Waals surface area contributed by atoms with Crippen LogP contribution in [0, 0.1) is 0 Å². The second kappa shape index (κ2) is 5.86. The van der Waals surface area contributed by atoms with Crippen molar-refractivity contribution in [1.82, 2.24) is 0 Å². The largest absolute Gasteiger partial charge is 0.457 e. The second-order valence-corrected chi connectivity index (χ2v) is 5.67. The lowest BCUT2D eigenvalue weighted by Crippen LogP contribution is -2.02. The molecule has 2 rings (SSSR count). The van der Waals surface area contributed by atoms with Crippen LogP contribution in [0.2, 0.25) is 0 Å². The Labute approximate surface area is 112 Å². The molecule has 0 heterocycles. The fourth-order valence-electron chi connectivity index (χ4n) is 1.45. The van der Waals surface area contributed by atoms with Crippen LogP contribution in [0.25, 0.3) is 0 Å². The summed E-state index contributed by atoms with van der Waals surface area (Å²) in [6, 6.07) is 16.5. The average Bonchev–Trinajstić information content (AvgIpc) is 2.38. The Morgan fingerprint density at radius 1 is 0.895 bits per heavy atom. The summed E-state index contributed by atoms with van der Waals surface area (Å²) in [5.41, 5.74) is 0.769. The van der Waals surface area contributed by atoms with Crippen LogP contribution in [-0.2, 0) is 20.9 Å². The fraction of sp³-hybridized carbons (Fsp3) is 0.143. The lowest BCUT2D eigenvalue weighted by molar-refractivity contribution is 0.311. The van der Waals surface area contributed by atoms with Crippen molar-refractivity contribution < 1.29 is 17.3 Å². The molecule has 2 aromatic carbocycles. The first-order chi connectivity index (χ1) is 9.03. The van der Waals surface area contributed by atoms with Crippen LogP contribution in [0.1, 0.15) is 5.56 Å². The van der Waals surface area contributed by atoms with Gasteiger partial charge in [-0.1, -0.05) is 30.3 Å². The summed E-state index contributed by atoms with van der Waals surface area (Å²) in [4.78, 5) is 0. The van der Waals surface area contributed by atoms with E-state index < -0.39 is 10.1 Å². The van der Waals surface area contributed by atoms with Gasteiger partial charge in [-0.3, -0.25) is 4.18 Å². The zero-order chi connectivity index (χ0) is 13.7. The zero-order valence-electron chi connectivity index (χ0n) is 10.4. The van der Waals surface area contributed by atoms with Gasteiger partial charge in [-0.25, -0.2) is 0 Å². The molecule has 0 amide bonds. The summed E-state index contributed by atoms with van der Waals surface area (Å²) in [7, 11) is -3.41. The van der Waals surface area contributed by atoms with Gasteiger partial charge in [0, 0.05) is 0 Å². The Morgan fingerprint density at radius 2 is 1.47 bits per heavy atom. The van der Waals surface area contributed by atoms with E-state index in [1.165, 1.54) is 0 Å². The molecule has 0 aliphatic rings. The number of rotatable bonds is 5. The normalized spacial score (nSPS) is 11.2. The highest BCUT2D eigenvalue weighted by molar-refractivity contribution is 7.85. The number of ether oxygens (including phenoxy) is 1. The third kappa shape index (κ3) is 4.73. The molecule has 4 nitrogen and oxygen atoms in total. The lowest BCUT2D eigenvalue weighted by Gasteiger charge is -2.06. The van der Waals surface area contributed by atoms with E-state index in [1.807, 2.05) is 30.3 Å². The third-order valence-electron chi connectivity index (χ3n) is 2.34. The molecule has 100 valence electrons. The van der Waals surface area contributed by atoms with Crippen molar-refractivity contribution in [3.05, 3.63) is 60.2 Å². The minimum atomic E-state index is -3.41. The highest BCUT2D eigenvalue weighted by Crippen LogP contribution is 2.21. The van der Waals surface area contributed by atoms with Gasteiger partial charge in [0.15, 0.2) is 0 Å². The van der Waals surface area contributed by atoms with Crippen LogP contribution in [0.3, 0.4) is 0 Å². The van der Waals surface area contributed by atoms with Crippen LogP contribution < -0.4 is 4.74 Å².